The fourth-order valence-corrected chi connectivity index (χ4v) is 1.66. The van der Waals surface area contributed by atoms with E-state index in [4.69, 9.17) is 23.1 Å². The first kappa shape index (κ1) is 13.5. The second-order valence-electron chi connectivity index (χ2n) is 4.14. The second-order valence-corrected chi connectivity index (χ2v) is 4.55. The van der Waals surface area contributed by atoms with Crippen LogP contribution in [0.2, 0.25) is 5.02 Å². The van der Waals surface area contributed by atoms with Gasteiger partial charge in [0.25, 0.3) is 0 Å². The lowest BCUT2D eigenvalue weighted by molar-refractivity contribution is -0.116. The van der Waals surface area contributed by atoms with Crippen molar-refractivity contribution < 1.29 is 4.79 Å². The van der Waals surface area contributed by atoms with Crippen molar-refractivity contribution in [2.75, 3.05) is 23.7 Å². The quantitative estimate of drug-likeness (QED) is 0.807. The van der Waals surface area contributed by atoms with Crippen LogP contribution in [0.1, 0.15) is 13.8 Å². The van der Waals surface area contributed by atoms with Gasteiger partial charge in [-0.1, -0.05) is 25.4 Å². The van der Waals surface area contributed by atoms with Gasteiger partial charge in [0.15, 0.2) is 5.82 Å². The minimum Gasteiger partial charge on any atom is -0.368 e. The van der Waals surface area contributed by atoms with Crippen molar-refractivity contribution in [1.82, 2.24) is 9.97 Å². The van der Waals surface area contributed by atoms with E-state index in [-0.39, 0.29) is 12.5 Å². The lowest BCUT2D eigenvalue weighted by Gasteiger charge is -2.24. The predicted octanol–water partition coefficient (Wildman–Crippen LogP) is 0.660. The van der Waals surface area contributed by atoms with Crippen LogP contribution in [0.5, 0.6) is 0 Å². The Kier molecular flexibility index (Phi) is 4.51. The van der Waals surface area contributed by atoms with E-state index in [2.05, 4.69) is 9.97 Å². The van der Waals surface area contributed by atoms with Crippen LogP contribution in [-0.4, -0.2) is 29.0 Å². The number of carbonyl (C=O) groups excluding carboxylic acids is 1. The monoisotopic (exact) mass is 257 g/mol. The van der Waals surface area contributed by atoms with Gasteiger partial charge in [-0.3, -0.25) is 4.79 Å². The van der Waals surface area contributed by atoms with Crippen molar-refractivity contribution in [2.24, 2.45) is 11.7 Å². The van der Waals surface area contributed by atoms with Gasteiger partial charge in [-0.05, 0) is 5.92 Å². The molecule has 0 atom stereocenters. The zero-order chi connectivity index (χ0) is 13.0. The van der Waals surface area contributed by atoms with Gasteiger partial charge in [-0.15, -0.1) is 0 Å². The molecule has 0 fully saturated rings. The highest BCUT2D eigenvalue weighted by molar-refractivity contribution is 6.32. The number of rotatable bonds is 5. The molecular formula is C10H16ClN5O. The fourth-order valence-electron chi connectivity index (χ4n) is 1.45. The number of halogens is 1. The van der Waals surface area contributed by atoms with Gasteiger partial charge < -0.3 is 16.4 Å². The van der Waals surface area contributed by atoms with E-state index in [1.54, 1.807) is 4.90 Å². The molecule has 0 unspecified atom stereocenters. The van der Waals surface area contributed by atoms with Gasteiger partial charge in [0.05, 0.1) is 12.7 Å². The molecule has 0 aromatic carbocycles. The number of primary amides is 1. The molecule has 0 aliphatic carbocycles. The number of carbonyl (C=O) groups is 1. The molecule has 94 valence electrons. The van der Waals surface area contributed by atoms with Crippen LogP contribution in [0.25, 0.3) is 0 Å². The molecular weight excluding hydrogens is 242 g/mol. The maximum Gasteiger partial charge on any atom is 0.236 e. The lowest BCUT2D eigenvalue weighted by Crippen LogP contribution is -2.37. The Hall–Kier alpha value is -1.56. The van der Waals surface area contributed by atoms with E-state index >= 15 is 0 Å². The Morgan fingerprint density at radius 1 is 1.59 bits per heavy atom. The maximum absolute atomic E-state index is 11.0. The summed E-state index contributed by atoms with van der Waals surface area (Å²) in [5, 5.41) is 0.348. The Morgan fingerprint density at radius 3 is 2.76 bits per heavy atom. The summed E-state index contributed by atoms with van der Waals surface area (Å²) in [6, 6.07) is 0. The second kappa shape index (κ2) is 5.67. The number of hydrogen-bond acceptors (Lipinski definition) is 5. The third kappa shape index (κ3) is 4.07. The smallest absolute Gasteiger partial charge is 0.236 e. The molecule has 0 radical (unpaired) electrons. The normalized spacial score (nSPS) is 10.6. The van der Waals surface area contributed by atoms with Gasteiger partial charge in [0, 0.05) is 6.54 Å². The van der Waals surface area contributed by atoms with E-state index < -0.39 is 5.91 Å². The van der Waals surface area contributed by atoms with Crippen LogP contribution in [0.4, 0.5) is 11.8 Å². The zero-order valence-corrected chi connectivity index (χ0v) is 10.6. The highest BCUT2D eigenvalue weighted by atomic mass is 35.5. The van der Waals surface area contributed by atoms with Gasteiger partial charge >= 0.3 is 0 Å². The average molecular weight is 258 g/mol. The first-order chi connectivity index (χ1) is 7.90. The third-order valence-electron chi connectivity index (χ3n) is 1.98. The summed E-state index contributed by atoms with van der Waals surface area (Å²) in [5.41, 5.74) is 10.7. The molecule has 0 aliphatic heterocycles. The van der Waals surface area contributed by atoms with Crippen molar-refractivity contribution in [3.63, 3.8) is 0 Å². The molecule has 0 bridgehead atoms. The SMILES string of the molecule is CC(C)CN(CC(N)=O)c1nc(N)ncc1Cl. The Bertz CT molecular complexity index is 410. The minimum absolute atomic E-state index is 0.0500. The first-order valence-electron chi connectivity index (χ1n) is 5.21. The minimum atomic E-state index is -0.445. The van der Waals surface area contributed by atoms with Crippen LogP contribution >= 0.6 is 11.6 Å². The molecule has 1 amide bonds. The van der Waals surface area contributed by atoms with Crippen LogP contribution < -0.4 is 16.4 Å². The number of hydrogen-bond donors (Lipinski definition) is 2. The van der Waals surface area contributed by atoms with Gasteiger partial charge in [0.2, 0.25) is 11.9 Å². The van der Waals surface area contributed by atoms with Crippen molar-refractivity contribution in [3.8, 4) is 0 Å². The summed E-state index contributed by atoms with van der Waals surface area (Å²) >= 11 is 5.98. The number of nitrogens with zero attached hydrogens (tertiary/aromatic N) is 3. The van der Waals surface area contributed by atoms with Crippen LogP contribution in [0.3, 0.4) is 0 Å². The topological polar surface area (TPSA) is 98.1 Å². The van der Waals surface area contributed by atoms with E-state index in [9.17, 15) is 4.79 Å². The highest BCUT2D eigenvalue weighted by Gasteiger charge is 2.16. The van der Waals surface area contributed by atoms with Crippen molar-refractivity contribution in [1.29, 1.82) is 0 Å². The van der Waals surface area contributed by atoms with Crippen LogP contribution in [0, 0.1) is 5.92 Å². The molecule has 1 rings (SSSR count). The van der Waals surface area contributed by atoms with E-state index in [1.807, 2.05) is 13.8 Å². The van der Waals surface area contributed by atoms with Crippen LogP contribution in [-0.2, 0) is 4.79 Å². The van der Waals surface area contributed by atoms with Gasteiger partial charge in [0.1, 0.15) is 5.02 Å². The molecule has 4 N–H and O–H groups in total. The number of nitrogens with two attached hydrogens (primary N) is 2. The molecule has 6 nitrogen and oxygen atoms in total. The molecule has 1 aromatic heterocycles. The summed E-state index contributed by atoms with van der Waals surface area (Å²) in [6.45, 7) is 4.70. The molecule has 7 heteroatoms. The third-order valence-corrected chi connectivity index (χ3v) is 2.24. The van der Waals surface area contributed by atoms with E-state index in [1.165, 1.54) is 6.20 Å². The Morgan fingerprint density at radius 2 is 2.24 bits per heavy atom. The van der Waals surface area contributed by atoms with Crippen molar-refractivity contribution in [3.05, 3.63) is 11.2 Å². The summed E-state index contributed by atoms with van der Waals surface area (Å²) < 4.78 is 0. The lowest BCUT2D eigenvalue weighted by atomic mass is 10.2. The summed E-state index contributed by atoms with van der Waals surface area (Å²) in [4.78, 5) is 20.5. The Labute approximate surface area is 105 Å². The summed E-state index contributed by atoms with van der Waals surface area (Å²) in [5.74, 6) is 0.440. The molecule has 17 heavy (non-hydrogen) atoms. The molecule has 0 aliphatic rings. The average Bonchev–Trinajstić information content (AvgIpc) is 2.19. The number of amides is 1. The molecule has 0 saturated carbocycles. The number of nitrogen functional groups attached to an aromatic ring is 1. The summed E-state index contributed by atoms with van der Waals surface area (Å²) in [6.07, 6.45) is 1.41. The fraction of sp³-hybridized carbons (Fsp3) is 0.500. The highest BCUT2D eigenvalue weighted by Crippen LogP contribution is 2.23. The molecule has 0 spiro atoms. The molecule has 0 saturated heterocycles. The Balaban J connectivity index is 3.02. The number of aromatic nitrogens is 2. The van der Waals surface area contributed by atoms with E-state index in [0.29, 0.717) is 23.3 Å². The standard InChI is InChI=1S/C10H16ClN5O/c1-6(2)4-16(5-8(12)17)9-7(11)3-14-10(13)15-9/h3,6H,4-5H2,1-2H3,(H2,12,17)(H2,13,14,15). The number of anilines is 2. The van der Waals surface area contributed by atoms with Gasteiger partial charge in [-0.25, -0.2) is 4.98 Å². The first-order valence-corrected chi connectivity index (χ1v) is 5.59. The zero-order valence-electron chi connectivity index (χ0n) is 9.85. The van der Waals surface area contributed by atoms with E-state index in [0.717, 1.165) is 0 Å². The molecule has 1 heterocycles. The largest absolute Gasteiger partial charge is 0.368 e. The summed E-state index contributed by atoms with van der Waals surface area (Å²) in [7, 11) is 0. The maximum atomic E-state index is 11.0. The van der Waals surface area contributed by atoms with Crippen molar-refractivity contribution in [2.45, 2.75) is 13.8 Å². The van der Waals surface area contributed by atoms with Crippen LogP contribution in [0.15, 0.2) is 6.20 Å². The van der Waals surface area contributed by atoms with Crippen molar-refractivity contribution >= 4 is 29.3 Å². The van der Waals surface area contributed by atoms with Gasteiger partial charge in [-0.2, -0.15) is 4.98 Å². The predicted molar refractivity (Wildman–Crippen MR) is 67.7 cm³/mol. The molecule has 1 aromatic rings.